The lowest BCUT2D eigenvalue weighted by Gasteiger charge is -2.56. The molecule has 0 aromatic heterocycles. The first-order valence-corrected chi connectivity index (χ1v) is 13.2. The van der Waals surface area contributed by atoms with Gasteiger partial charge in [-0.25, -0.2) is 4.79 Å². The van der Waals surface area contributed by atoms with E-state index in [9.17, 15) is 14.4 Å². The second-order valence-corrected chi connectivity index (χ2v) is 11.8. The standard InChI is InChI=1S/C29H31ClO5/c1-17-13-22-21-10-9-19-14-20(31)11-12-26(19,2)29(21)24(34-29)15-27(22,3)28(17,23(32)16-30)35-25(33)18-7-5-4-6-8-18/h4-8,11-12,14,17,21-22,24H,9-10,13,15-16H2,1-3H3/t17-,21-,22-,24-,26-,27-,28-,29+/m0/s1. The molecule has 0 bridgehead atoms. The third-order valence-electron chi connectivity index (χ3n) is 10.3. The SMILES string of the molecule is C[C@H]1C[C@H]2[C@@H]3CCC4=CC(=O)C=C[C@]4(C)[C@@]34O[C@H]4C[C@]2(C)[C@@]1(OC(=O)c1ccccc1)C(=O)CCl. The molecule has 0 unspecified atom stereocenters. The first-order chi connectivity index (χ1) is 16.6. The van der Waals surface area contributed by atoms with Crippen molar-refractivity contribution in [2.45, 2.75) is 63.8 Å². The van der Waals surface area contributed by atoms with Crippen LogP contribution in [0.25, 0.3) is 0 Å². The summed E-state index contributed by atoms with van der Waals surface area (Å²) in [6, 6.07) is 8.85. The molecule has 1 spiro atoms. The number of carbonyl (C=O) groups excluding carboxylic acids is 3. The van der Waals surface area contributed by atoms with Crippen LogP contribution in [0.1, 0.15) is 56.8 Å². The molecular weight excluding hydrogens is 464 g/mol. The van der Waals surface area contributed by atoms with Crippen molar-refractivity contribution in [3.8, 4) is 0 Å². The van der Waals surface area contributed by atoms with Crippen LogP contribution in [0.3, 0.4) is 0 Å². The van der Waals surface area contributed by atoms with E-state index in [2.05, 4.69) is 13.8 Å². The number of hydrogen-bond acceptors (Lipinski definition) is 5. The van der Waals surface area contributed by atoms with Crippen molar-refractivity contribution >= 4 is 29.1 Å². The topological polar surface area (TPSA) is 73.0 Å². The molecule has 8 atom stereocenters. The number of alkyl halides is 1. The number of epoxide rings is 1. The third-order valence-corrected chi connectivity index (χ3v) is 10.5. The number of benzene rings is 1. The Kier molecular flexibility index (Phi) is 4.89. The number of Topliss-reactive ketones (excluding diaryl/α,β-unsaturated/α-hetero) is 1. The van der Waals surface area contributed by atoms with E-state index in [0.717, 1.165) is 24.8 Å². The van der Waals surface area contributed by atoms with E-state index < -0.39 is 17.0 Å². The van der Waals surface area contributed by atoms with Crippen molar-refractivity contribution in [2.24, 2.45) is 28.6 Å². The molecule has 0 radical (unpaired) electrons. The number of ketones is 2. The van der Waals surface area contributed by atoms with Crippen LogP contribution in [-0.2, 0) is 19.1 Å². The molecule has 1 aromatic rings. The zero-order valence-electron chi connectivity index (χ0n) is 20.4. The monoisotopic (exact) mass is 494 g/mol. The Labute approximate surface area is 210 Å². The second-order valence-electron chi connectivity index (χ2n) is 11.6. The first-order valence-electron chi connectivity index (χ1n) is 12.6. The minimum atomic E-state index is -1.31. The van der Waals surface area contributed by atoms with E-state index in [4.69, 9.17) is 21.1 Å². The van der Waals surface area contributed by atoms with Gasteiger partial charge in [-0.05, 0) is 68.7 Å². The van der Waals surface area contributed by atoms with Gasteiger partial charge in [0.1, 0.15) is 5.60 Å². The number of allylic oxidation sites excluding steroid dienone is 2. The summed E-state index contributed by atoms with van der Waals surface area (Å²) in [4.78, 5) is 39.1. The van der Waals surface area contributed by atoms with Gasteiger partial charge in [-0.2, -0.15) is 0 Å². The van der Waals surface area contributed by atoms with Crippen molar-refractivity contribution in [1.29, 1.82) is 0 Å². The Morgan fingerprint density at radius 2 is 1.91 bits per heavy atom. The number of hydrogen-bond donors (Lipinski definition) is 0. The molecule has 4 aliphatic carbocycles. The average Bonchev–Trinajstić information content (AvgIpc) is 3.52. The highest BCUT2D eigenvalue weighted by Gasteiger charge is 2.82. The van der Waals surface area contributed by atoms with Crippen LogP contribution in [0.4, 0.5) is 0 Å². The van der Waals surface area contributed by atoms with Crippen molar-refractivity contribution in [1.82, 2.24) is 0 Å². The van der Waals surface area contributed by atoms with Crippen molar-refractivity contribution in [2.75, 3.05) is 5.88 Å². The molecule has 1 aliphatic heterocycles. The van der Waals surface area contributed by atoms with Gasteiger partial charge in [0, 0.05) is 16.7 Å². The van der Waals surface area contributed by atoms with Gasteiger partial charge < -0.3 is 9.47 Å². The zero-order chi connectivity index (χ0) is 24.8. The van der Waals surface area contributed by atoms with Crippen LogP contribution in [0.2, 0.25) is 0 Å². The maximum Gasteiger partial charge on any atom is 0.339 e. The van der Waals surface area contributed by atoms with E-state index in [1.54, 1.807) is 36.4 Å². The Morgan fingerprint density at radius 3 is 2.63 bits per heavy atom. The van der Waals surface area contributed by atoms with Gasteiger partial charge in [-0.3, -0.25) is 9.59 Å². The predicted octanol–water partition coefficient (Wildman–Crippen LogP) is 5.08. The smallest absolute Gasteiger partial charge is 0.339 e. The summed E-state index contributed by atoms with van der Waals surface area (Å²) < 4.78 is 12.9. The van der Waals surface area contributed by atoms with Crippen molar-refractivity contribution < 1.29 is 23.9 Å². The second kappa shape index (κ2) is 7.39. The molecule has 5 aliphatic rings. The molecule has 5 nitrogen and oxygen atoms in total. The van der Waals surface area contributed by atoms with Crippen LogP contribution in [0, 0.1) is 28.6 Å². The quantitative estimate of drug-likeness (QED) is 0.332. The molecule has 3 saturated carbocycles. The van der Waals surface area contributed by atoms with Gasteiger partial charge >= 0.3 is 5.97 Å². The molecule has 1 aromatic carbocycles. The van der Waals surface area contributed by atoms with Crippen LogP contribution >= 0.6 is 11.6 Å². The normalized spacial score (nSPS) is 44.9. The van der Waals surface area contributed by atoms with Crippen LogP contribution < -0.4 is 0 Å². The van der Waals surface area contributed by atoms with E-state index in [1.807, 2.05) is 19.1 Å². The largest absolute Gasteiger partial charge is 0.447 e. The number of rotatable bonds is 4. The molecular formula is C29H31ClO5. The molecule has 4 fully saturated rings. The van der Waals surface area contributed by atoms with Gasteiger partial charge in [-0.1, -0.05) is 43.7 Å². The summed E-state index contributed by atoms with van der Waals surface area (Å²) in [5.74, 6) is -0.699. The summed E-state index contributed by atoms with van der Waals surface area (Å²) in [6.45, 7) is 6.34. The number of ether oxygens (including phenoxy) is 2. The van der Waals surface area contributed by atoms with E-state index in [-0.39, 0.29) is 52.3 Å². The maximum atomic E-state index is 13.7. The Balaban J connectivity index is 1.42. The molecule has 1 saturated heterocycles. The lowest BCUT2D eigenvalue weighted by atomic mass is 9.46. The number of halogens is 1. The van der Waals surface area contributed by atoms with E-state index in [1.165, 1.54) is 0 Å². The minimum Gasteiger partial charge on any atom is -0.447 e. The molecule has 35 heavy (non-hydrogen) atoms. The fourth-order valence-electron chi connectivity index (χ4n) is 8.71. The van der Waals surface area contributed by atoms with Crippen LogP contribution in [0.15, 0.2) is 54.1 Å². The highest BCUT2D eigenvalue weighted by atomic mass is 35.5. The van der Waals surface area contributed by atoms with E-state index in [0.29, 0.717) is 12.0 Å². The fourth-order valence-corrected chi connectivity index (χ4v) is 8.91. The Morgan fingerprint density at radius 1 is 1.17 bits per heavy atom. The number of fused-ring (bicyclic) bond motifs is 3. The number of carbonyl (C=O) groups is 3. The molecule has 6 heteroatoms. The first kappa shape index (κ1) is 23.2. The average molecular weight is 495 g/mol. The molecule has 1 heterocycles. The molecule has 6 rings (SSSR count). The van der Waals surface area contributed by atoms with E-state index >= 15 is 0 Å². The Bertz CT molecular complexity index is 1190. The molecule has 184 valence electrons. The highest BCUT2D eigenvalue weighted by Crippen LogP contribution is 2.77. The zero-order valence-corrected chi connectivity index (χ0v) is 21.1. The minimum absolute atomic E-state index is 0.0409. The van der Waals surface area contributed by atoms with Gasteiger partial charge in [0.25, 0.3) is 0 Å². The van der Waals surface area contributed by atoms with Crippen LogP contribution in [0.5, 0.6) is 0 Å². The Hall–Kier alpha value is -2.24. The lowest BCUT2D eigenvalue weighted by Crippen LogP contribution is -2.63. The van der Waals surface area contributed by atoms with Gasteiger partial charge in [-0.15, -0.1) is 11.6 Å². The molecule has 0 N–H and O–H groups in total. The highest BCUT2D eigenvalue weighted by molar-refractivity contribution is 6.29. The maximum absolute atomic E-state index is 13.7. The van der Waals surface area contributed by atoms with Crippen molar-refractivity contribution in [3.63, 3.8) is 0 Å². The lowest BCUT2D eigenvalue weighted by molar-refractivity contribution is -0.162. The summed E-state index contributed by atoms with van der Waals surface area (Å²) in [7, 11) is 0. The van der Waals surface area contributed by atoms with Gasteiger partial charge in [0.05, 0.1) is 17.5 Å². The van der Waals surface area contributed by atoms with Crippen LogP contribution in [-0.4, -0.2) is 40.7 Å². The third kappa shape index (κ3) is 2.72. The summed E-state index contributed by atoms with van der Waals surface area (Å²) in [5.41, 5.74) is -1.03. The van der Waals surface area contributed by atoms with Gasteiger partial charge in [0.2, 0.25) is 0 Å². The van der Waals surface area contributed by atoms with Gasteiger partial charge in [0.15, 0.2) is 17.2 Å². The predicted molar refractivity (Wildman–Crippen MR) is 131 cm³/mol. The van der Waals surface area contributed by atoms with Crippen molar-refractivity contribution in [3.05, 3.63) is 59.7 Å². The number of esters is 1. The summed E-state index contributed by atoms with van der Waals surface area (Å²) >= 11 is 6.20. The summed E-state index contributed by atoms with van der Waals surface area (Å²) in [5, 5.41) is 0. The summed E-state index contributed by atoms with van der Waals surface area (Å²) in [6.07, 6.45) is 8.55. The fraction of sp³-hybridized carbons (Fsp3) is 0.552. The molecule has 0 amide bonds.